The Balaban J connectivity index is 1.51. The summed E-state index contributed by atoms with van der Waals surface area (Å²) in [6.45, 7) is 4.22. The maximum absolute atomic E-state index is 13.0. The number of amides is 1. The van der Waals surface area contributed by atoms with E-state index in [4.69, 9.17) is 9.84 Å². The van der Waals surface area contributed by atoms with Crippen molar-refractivity contribution < 1.29 is 9.53 Å². The van der Waals surface area contributed by atoms with Crippen LogP contribution in [-0.2, 0) is 24.2 Å². The van der Waals surface area contributed by atoms with Gasteiger partial charge in [-0.25, -0.2) is 4.68 Å². The summed E-state index contributed by atoms with van der Waals surface area (Å²) in [4.78, 5) is 13.0. The van der Waals surface area contributed by atoms with Crippen molar-refractivity contribution >= 4 is 5.91 Å². The van der Waals surface area contributed by atoms with Crippen LogP contribution in [-0.4, -0.2) is 21.8 Å². The summed E-state index contributed by atoms with van der Waals surface area (Å²) in [7, 11) is 0. The third kappa shape index (κ3) is 4.31. The first-order valence-corrected chi connectivity index (χ1v) is 10.7. The normalized spacial score (nSPS) is 13.5. The lowest BCUT2D eigenvalue weighted by Gasteiger charge is -2.22. The third-order valence-electron chi connectivity index (χ3n) is 5.57. The van der Waals surface area contributed by atoms with Crippen molar-refractivity contribution in [1.82, 2.24) is 15.1 Å². The van der Waals surface area contributed by atoms with Gasteiger partial charge in [0.05, 0.1) is 23.5 Å². The molecule has 0 radical (unpaired) electrons. The number of rotatable bonds is 7. The van der Waals surface area contributed by atoms with E-state index in [2.05, 4.69) is 11.4 Å². The maximum Gasteiger partial charge on any atom is 0.261 e. The Morgan fingerprint density at radius 1 is 1.16 bits per heavy atom. The predicted molar refractivity (Wildman–Crippen MR) is 118 cm³/mol. The number of nitrogens with zero attached hydrogens (tertiary/aromatic N) is 3. The van der Waals surface area contributed by atoms with Gasteiger partial charge in [-0.05, 0) is 55.0 Å². The van der Waals surface area contributed by atoms with E-state index in [1.165, 1.54) is 11.3 Å². The Hall–Kier alpha value is -3.59. The van der Waals surface area contributed by atoms with Crippen molar-refractivity contribution in [3.63, 3.8) is 0 Å². The maximum atomic E-state index is 13.0. The molecule has 6 heteroatoms. The quantitative estimate of drug-likeness (QED) is 0.635. The molecule has 4 rings (SSSR count). The number of hydrogen-bond donors (Lipinski definition) is 1. The molecule has 1 aliphatic rings. The zero-order valence-corrected chi connectivity index (χ0v) is 17.8. The van der Waals surface area contributed by atoms with Crippen LogP contribution in [0.5, 0.6) is 5.75 Å². The van der Waals surface area contributed by atoms with Gasteiger partial charge in [-0.2, -0.15) is 10.4 Å². The lowest BCUT2D eigenvalue weighted by molar-refractivity contribution is -0.130. The first-order valence-electron chi connectivity index (χ1n) is 10.7. The van der Waals surface area contributed by atoms with Crippen LogP contribution in [0.25, 0.3) is 5.69 Å². The summed E-state index contributed by atoms with van der Waals surface area (Å²) >= 11 is 0. The number of hydrogen-bond acceptors (Lipinski definition) is 4. The van der Waals surface area contributed by atoms with Crippen molar-refractivity contribution in [1.29, 1.82) is 5.26 Å². The van der Waals surface area contributed by atoms with Crippen LogP contribution in [0.1, 0.15) is 42.8 Å². The summed E-state index contributed by atoms with van der Waals surface area (Å²) in [5.74, 6) is 0.163. The largest absolute Gasteiger partial charge is 0.479 e. The number of fused-ring (bicyclic) bond motifs is 1. The molecular weight excluding hydrogens is 388 g/mol. The molecule has 1 atom stereocenters. The van der Waals surface area contributed by atoms with Crippen molar-refractivity contribution in [2.24, 2.45) is 5.92 Å². The molecule has 0 saturated carbocycles. The summed E-state index contributed by atoms with van der Waals surface area (Å²) in [6, 6.07) is 19.2. The zero-order valence-electron chi connectivity index (χ0n) is 17.8. The van der Waals surface area contributed by atoms with Crippen LogP contribution in [0.2, 0.25) is 0 Å². The fraction of sp³-hybridized carbons (Fsp3) is 0.320. The number of aromatic nitrogens is 2. The monoisotopic (exact) mass is 414 g/mol. The predicted octanol–water partition coefficient (Wildman–Crippen LogP) is 3.95. The molecule has 1 heterocycles. The molecule has 1 N–H and O–H groups in total. The van der Waals surface area contributed by atoms with Gasteiger partial charge in [0, 0.05) is 5.69 Å². The first-order chi connectivity index (χ1) is 15.1. The summed E-state index contributed by atoms with van der Waals surface area (Å²) in [5, 5.41) is 17.1. The molecule has 1 aliphatic carbocycles. The number of para-hydroxylation sites is 2. The van der Waals surface area contributed by atoms with Crippen LogP contribution in [0.3, 0.4) is 0 Å². The second kappa shape index (κ2) is 9.05. The molecule has 0 spiro atoms. The van der Waals surface area contributed by atoms with E-state index >= 15 is 0 Å². The van der Waals surface area contributed by atoms with Gasteiger partial charge < -0.3 is 10.1 Å². The highest BCUT2D eigenvalue weighted by molar-refractivity contribution is 5.81. The minimum atomic E-state index is -0.696. The molecule has 0 fully saturated rings. The highest BCUT2D eigenvalue weighted by Crippen LogP contribution is 2.28. The van der Waals surface area contributed by atoms with Crippen LogP contribution in [0.15, 0.2) is 54.6 Å². The molecule has 0 aliphatic heterocycles. The average Bonchev–Trinajstić information content (AvgIpc) is 3.39. The van der Waals surface area contributed by atoms with Crippen LogP contribution < -0.4 is 10.1 Å². The summed E-state index contributed by atoms with van der Waals surface area (Å²) in [6.07, 6.45) is 2.38. The molecule has 1 unspecified atom stereocenters. The Kier molecular flexibility index (Phi) is 6.03. The minimum Gasteiger partial charge on any atom is -0.479 e. The molecule has 31 heavy (non-hydrogen) atoms. The van der Waals surface area contributed by atoms with Crippen LogP contribution >= 0.6 is 0 Å². The van der Waals surface area contributed by atoms with Gasteiger partial charge in [-0.3, -0.25) is 4.79 Å². The lowest BCUT2D eigenvalue weighted by Crippen LogP contribution is -2.41. The highest BCUT2D eigenvalue weighted by atomic mass is 16.5. The molecule has 0 saturated heterocycles. The third-order valence-corrected chi connectivity index (χ3v) is 5.57. The van der Waals surface area contributed by atoms with Gasteiger partial charge in [-0.15, -0.1) is 0 Å². The number of nitriles is 1. The smallest absolute Gasteiger partial charge is 0.261 e. The SMILES string of the molecule is CC(C)C(Oc1ccccc1C#N)C(=O)NCc1nn(-c2ccccc2)c2c1CCC2. The average molecular weight is 415 g/mol. The number of carbonyl (C=O) groups excluding carboxylic acids is 1. The molecule has 6 nitrogen and oxygen atoms in total. The number of ether oxygens (including phenoxy) is 1. The molecule has 3 aromatic rings. The van der Waals surface area contributed by atoms with Crippen LogP contribution in [0, 0.1) is 17.2 Å². The van der Waals surface area contributed by atoms with E-state index in [1.54, 1.807) is 24.3 Å². The van der Waals surface area contributed by atoms with Gasteiger partial charge >= 0.3 is 0 Å². The number of carbonyl (C=O) groups is 1. The van der Waals surface area contributed by atoms with Gasteiger partial charge in [0.1, 0.15) is 11.8 Å². The van der Waals surface area contributed by atoms with Crippen molar-refractivity contribution in [2.75, 3.05) is 0 Å². The fourth-order valence-electron chi connectivity index (χ4n) is 4.00. The van der Waals surface area contributed by atoms with E-state index in [1.807, 2.05) is 48.9 Å². The van der Waals surface area contributed by atoms with E-state index in [0.717, 1.165) is 30.6 Å². The molecule has 158 valence electrons. The molecular formula is C25H26N4O2. The lowest BCUT2D eigenvalue weighted by atomic mass is 10.1. The summed E-state index contributed by atoms with van der Waals surface area (Å²) in [5.41, 5.74) is 4.83. The second-order valence-electron chi connectivity index (χ2n) is 8.08. The molecule has 0 bridgehead atoms. The Morgan fingerprint density at radius 3 is 2.65 bits per heavy atom. The molecule has 2 aromatic carbocycles. The minimum absolute atomic E-state index is 0.0562. The van der Waals surface area contributed by atoms with Crippen LogP contribution in [0.4, 0.5) is 0 Å². The Labute approximate surface area is 182 Å². The van der Waals surface area contributed by atoms with E-state index in [9.17, 15) is 10.1 Å². The molecule has 1 amide bonds. The van der Waals surface area contributed by atoms with Gasteiger partial charge in [-0.1, -0.05) is 44.2 Å². The number of benzene rings is 2. The van der Waals surface area contributed by atoms with Crippen molar-refractivity contribution in [3.05, 3.63) is 77.1 Å². The Morgan fingerprint density at radius 2 is 1.90 bits per heavy atom. The van der Waals surface area contributed by atoms with Crippen molar-refractivity contribution in [2.45, 2.75) is 45.8 Å². The first kappa shape index (κ1) is 20.7. The fourth-order valence-corrected chi connectivity index (χ4v) is 4.00. The van der Waals surface area contributed by atoms with Gasteiger partial charge in [0.2, 0.25) is 0 Å². The Bertz CT molecular complexity index is 1110. The number of nitrogens with one attached hydrogen (secondary N) is 1. The van der Waals surface area contributed by atoms with Gasteiger partial charge in [0.25, 0.3) is 5.91 Å². The second-order valence-corrected chi connectivity index (χ2v) is 8.08. The highest BCUT2D eigenvalue weighted by Gasteiger charge is 2.27. The van der Waals surface area contributed by atoms with Gasteiger partial charge in [0.15, 0.2) is 6.10 Å². The summed E-state index contributed by atoms with van der Waals surface area (Å²) < 4.78 is 7.96. The van der Waals surface area contributed by atoms with E-state index < -0.39 is 6.10 Å². The zero-order chi connectivity index (χ0) is 21.8. The van der Waals surface area contributed by atoms with E-state index in [0.29, 0.717) is 17.9 Å². The van der Waals surface area contributed by atoms with E-state index in [-0.39, 0.29) is 11.8 Å². The van der Waals surface area contributed by atoms with Crippen molar-refractivity contribution in [3.8, 4) is 17.5 Å². The molecule has 1 aromatic heterocycles. The topological polar surface area (TPSA) is 79.9 Å². The standard InChI is InChI=1S/C25H26N4O2/c1-17(2)24(31-23-14-7-6-9-18(23)15-26)25(30)27-16-21-20-12-8-13-22(20)29(28-21)19-10-4-3-5-11-19/h3-7,9-11,14,17,24H,8,12-13,16H2,1-2H3,(H,27,30).